The lowest BCUT2D eigenvalue weighted by molar-refractivity contribution is 0.353. The van der Waals surface area contributed by atoms with E-state index in [1.807, 2.05) is 0 Å². The third-order valence-electron chi connectivity index (χ3n) is 15.3. The van der Waals surface area contributed by atoms with Crippen LogP contribution in [0.25, 0.3) is 55.6 Å². The molecule has 0 heterocycles. The van der Waals surface area contributed by atoms with Crippen LogP contribution in [-0.2, 0) is 16.2 Å². The van der Waals surface area contributed by atoms with Crippen molar-refractivity contribution in [3.8, 4) is 55.6 Å². The van der Waals surface area contributed by atoms with E-state index in [0.717, 1.165) is 5.69 Å². The Balaban J connectivity index is 1.10. The third-order valence-corrected chi connectivity index (χ3v) is 15.3. The van der Waals surface area contributed by atoms with Crippen molar-refractivity contribution >= 4 is 17.1 Å². The van der Waals surface area contributed by atoms with Crippen molar-refractivity contribution in [3.05, 3.63) is 209 Å². The first-order valence-corrected chi connectivity index (χ1v) is 22.5. The van der Waals surface area contributed by atoms with E-state index in [1.54, 1.807) is 0 Å². The van der Waals surface area contributed by atoms with Crippen LogP contribution in [0.15, 0.2) is 176 Å². The highest BCUT2D eigenvalue weighted by Crippen LogP contribution is 2.60. The van der Waals surface area contributed by atoms with Crippen LogP contribution in [-0.4, -0.2) is 0 Å². The van der Waals surface area contributed by atoms with E-state index in [4.69, 9.17) is 0 Å². The maximum Gasteiger partial charge on any atom is 0.0543 e. The number of hydrogen-bond acceptors (Lipinski definition) is 1. The van der Waals surface area contributed by atoms with Gasteiger partial charge in [0.1, 0.15) is 0 Å². The summed E-state index contributed by atoms with van der Waals surface area (Å²) < 4.78 is 0. The highest BCUT2D eigenvalue weighted by atomic mass is 15.1. The minimum Gasteiger partial charge on any atom is -0.309 e. The number of nitrogens with zero attached hydrogens (tertiary/aromatic N) is 1. The lowest BCUT2D eigenvalue weighted by Crippen LogP contribution is -2.28. The first-order chi connectivity index (χ1) is 29.8. The van der Waals surface area contributed by atoms with E-state index in [2.05, 4.69) is 209 Å². The molecular formula is C60H51N. The van der Waals surface area contributed by atoms with Crippen LogP contribution < -0.4 is 4.90 Å². The van der Waals surface area contributed by atoms with Crippen molar-refractivity contribution in [1.29, 1.82) is 0 Å². The lowest BCUT2D eigenvalue weighted by Gasteiger charge is -2.36. The molecule has 4 aliphatic rings. The molecule has 0 atom stereocenters. The molecule has 0 aliphatic heterocycles. The van der Waals surface area contributed by atoms with E-state index in [9.17, 15) is 0 Å². The third kappa shape index (κ3) is 5.13. The molecular weight excluding hydrogens is 735 g/mol. The van der Waals surface area contributed by atoms with Crippen LogP contribution >= 0.6 is 0 Å². The molecule has 12 rings (SSSR count). The van der Waals surface area contributed by atoms with Crippen LogP contribution in [0.3, 0.4) is 0 Å². The summed E-state index contributed by atoms with van der Waals surface area (Å²) >= 11 is 0. The van der Waals surface area contributed by atoms with Gasteiger partial charge in [0.15, 0.2) is 0 Å². The molecule has 0 aromatic heterocycles. The Kier molecular flexibility index (Phi) is 7.93. The second-order valence-corrected chi connectivity index (χ2v) is 19.1. The normalized spacial score (nSPS) is 16.6. The van der Waals surface area contributed by atoms with Crippen LogP contribution in [0.2, 0.25) is 0 Å². The maximum absolute atomic E-state index is 2.61. The van der Waals surface area contributed by atoms with Gasteiger partial charge in [-0.3, -0.25) is 0 Å². The molecule has 61 heavy (non-hydrogen) atoms. The van der Waals surface area contributed by atoms with Gasteiger partial charge in [0.05, 0.1) is 11.4 Å². The number of anilines is 3. The Morgan fingerprint density at radius 3 is 1.66 bits per heavy atom. The summed E-state index contributed by atoms with van der Waals surface area (Å²) in [7, 11) is 0. The van der Waals surface area contributed by atoms with Crippen LogP contribution in [0.5, 0.6) is 0 Å². The second kappa shape index (κ2) is 13.3. The molecule has 0 bridgehead atoms. The van der Waals surface area contributed by atoms with Gasteiger partial charge in [-0.25, -0.2) is 0 Å². The van der Waals surface area contributed by atoms with Gasteiger partial charge in [-0.1, -0.05) is 193 Å². The van der Waals surface area contributed by atoms with Gasteiger partial charge >= 0.3 is 0 Å². The molecule has 0 radical (unpaired) electrons. The van der Waals surface area contributed by atoms with Crippen molar-refractivity contribution in [1.82, 2.24) is 0 Å². The average molecular weight is 786 g/mol. The fraction of sp³-hybridized carbons (Fsp3) is 0.200. The summed E-state index contributed by atoms with van der Waals surface area (Å²) in [5.74, 6) is 0. The van der Waals surface area contributed by atoms with E-state index in [0.29, 0.717) is 0 Å². The lowest BCUT2D eigenvalue weighted by atomic mass is 9.68. The molecule has 8 aromatic rings. The van der Waals surface area contributed by atoms with Crippen LogP contribution in [0.4, 0.5) is 17.1 Å². The Hall–Kier alpha value is -6.44. The fourth-order valence-electron chi connectivity index (χ4n) is 12.4. The minimum absolute atomic E-state index is 0.0531. The predicted octanol–water partition coefficient (Wildman–Crippen LogP) is 16.3. The molecule has 296 valence electrons. The van der Waals surface area contributed by atoms with Crippen molar-refractivity contribution < 1.29 is 0 Å². The van der Waals surface area contributed by atoms with Gasteiger partial charge in [-0.15, -0.1) is 0 Å². The average Bonchev–Trinajstić information content (AvgIpc) is 3.81. The van der Waals surface area contributed by atoms with Gasteiger partial charge in [-0.05, 0) is 121 Å². The number of hydrogen-bond donors (Lipinski definition) is 0. The Morgan fingerprint density at radius 2 is 0.869 bits per heavy atom. The number of para-hydroxylation sites is 1. The zero-order valence-electron chi connectivity index (χ0n) is 35.7. The molecule has 0 amide bonds. The second-order valence-electron chi connectivity index (χ2n) is 19.1. The van der Waals surface area contributed by atoms with Crippen molar-refractivity contribution in [2.45, 2.75) is 76.0 Å². The quantitative estimate of drug-likeness (QED) is 0.168. The summed E-state index contributed by atoms with van der Waals surface area (Å²) in [5, 5.41) is 0. The molecule has 1 heteroatoms. The SMILES string of the molecule is CC1(C)c2ccccc2-c2ccc(-c3cccc(N(c4ccccc4-c4cccc5c4-c4ccccc4C5(C)C)c4cccc5c4-c4ccccc4C54CCCCC4)c3)cc21. The number of fused-ring (bicyclic) bond motifs is 11. The van der Waals surface area contributed by atoms with Gasteiger partial charge in [0, 0.05) is 33.1 Å². The summed E-state index contributed by atoms with van der Waals surface area (Å²) in [6, 6.07) is 67.2. The van der Waals surface area contributed by atoms with E-state index < -0.39 is 0 Å². The van der Waals surface area contributed by atoms with Crippen molar-refractivity contribution in [3.63, 3.8) is 0 Å². The van der Waals surface area contributed by atoms with Gasteiger partial charge in [0.25, 0.3) is 0 Å². The highest BCUT2D eigenvalue weighted by molar-refractivity contribution is 6.01. The first-order valence-electron chi connectivity index (χ1n) is 22.5. The number of rotatable bonds is 5. The molecule has 4 aliphatic carbocycles. The van der Waals surface area contributed by atoms with Gasteiger partial charge < -0.3 is 4.90 Å². The molecule has 1 fully saturated rings. The van der Waals surface area contributed by atoms with Gasteiger partial charge in [0.2, 0.25) is 0 Å². The summed E-state index contributed by atoms with van der Waals surface area (Å²) in [6.45, 7) is 9.53. The van der Waals surface area contributed by atoms with E-state index >= 15 is 0 Å². The topological polar surface area (TPSA) is 3.24 Å². The zero-order chi connectivity index (χ0) is 41.1. The predicted molar refractivity (Wildman–Crippen MR) is 256 cm³/mol. The monoisotopic (exact) mass is 785 g/mol. The molecule has 1 saturated carbocycles. The van der Waals surface area contributed by atoms with Crippen LogP contribution in [0.1, 0.15) is 93.2 Å². The Morgan fingerprint density at radius 1 is 0.344 bits per heavy atom. The molecule has 0 saturated heterocycles. The first kappa shape index (κ1) is 36.4. The van der Waals surface area contributed by atoms with E-state index in [1.165, 1.54) is 132 Å². The largest absolute Gasteiger partial charge is 0.309 e. The minimum atomic E-state index is -0.0883. The Labute approximate surface area is 361 Å². The summed E-state index contributed by atoms with van der Waals surface area (Å²) in [6.07, 6.45) is 6.27. The summed E-state index contributed by atoms with van der Waals surface area (Å²) in [4.78, 5) is 2.61. The van der Waals surface area contributed by atoms with Crippen molar-refractivity contribution in [2.24, 2.45) is 0 Å². The number of benzene rings is 8. The Bertz CT molecular complexity index is 3080. The molecule has 8 aromatic carbocycles. The maximum atomic E-state index is 2.61. The molecule has 0 unspecified atom stereocenters. The highest BCUT2D eigenvalue weighted by Gasteiger charge is 2.45. The molecule has 1 spiro atoms. The fourth-order valence-corrected chi connectivity index (χ4v) is 12.4. The molecule has 0 N–H and O–H groups in total. The zero-order valence-corrected chi connectivity index (χ0v) is 35.7. The smallest absolute Gasteiger partial charge is 0.0543 e. The summed E-state index contributed by atoms with van der Waals surface area (Å²) in [5.41, 5.74) is 25.3. The van der Waals surface area contributed by atoms with Crippen molar-refractivity contribution in [2.75, 3.05) is 4.90 Å². The van der Waals surface area contributed by atoms with E-state index in [-0.39, 0.29) is 16.2 Å². The molecule has 1 nitrogen and oxygen atoms in total. The van der Waals surface area contributed by atoms with Gasteiger partial charge in [-0.2, -0.15) is 0 Å². The van der Waals surface area contributed by atoms with Crippen LogP contribution in [0, 0.1) is 0 Å². The standard InChI is InChI=1S/C60H51N/c1-58(2)49-27-11-7-23-46(49)56-45(25-17-29-51(56)58)44-22-9-13-31-54(44)61(55-32-18-30-52-57(55)47-24-8-12-28-50(47)60(52)35-14-5-15-36-60)41-20-16-19-39(37-41)40-33-34-43-42-21-6-10-26-48(42)59(3,4)53(43)38-40/h6-13,16-34,37-38H,5,14-15,35-36H2,1-4H3.